The van der Waals surface area contributed by atoms with Crippen LogP contribution in [-0.4, -0.2) is 44.9 Å². The summed E-state index contributed by atoms with van der Waals surface area (Å²) >= 11 is 2.95. The summed E-state index contributed by atoms with van der Waals surface area (Å²) in [6.07, 6.45) is 11.1. The van der Waals surface area contributed by atoms with Crippen molar-refractivity contribution >= 4 is 46.1 Å². The molecule has 0 saturated heterocycles. The summed E-state index contributed by atoms with van der Waals surface area (Å²) in [5.41, 5.74) is 9.02. The lowest BCUT2D eigenvalue weighted by molar-refractivity contribution is 0.102. The number of thiophene rings is 1. The number of hydrogen-bond donors (Lipinski definition) is 1. The summed E-state index contributed by atoms with van der Waals surface area (Å²) < 4.78 is 1.86. The Morgan fingerprint density at radius 3 is 2.66 bits per heavy atom. The molecule has 0 radical (unpaired) electrons. The Balaban J connectivity index is 1.29. The molecule has 1 amide bonds. The second kappa shape index (κ2) is 12.2. The van der Waals surface area contributed by atoms with E-state index in [2.05, 4.69) is 39.5 Å². The van der Waals surface area contributed by atoms with Crippen LogP contribution < -0.4 is 5.32 Å². The summed E-state index contributed by atoms with van der Waals surface area (Å²) in [5, 5.41) is 9.00. The molecule has 0 bridgehead atoms. The molecule has 3 aromatic heterocycles. The highest BCUT2D eigenvalue weighted by atomic mass is 32.1. The highest BCUT2D eigenvalue weighted by molar-refractivity contribution is 7.17. The molecule has 0 spiro atoms. The van der Waals surface area contributed by atoms with Crippen molar-refractivity contribution in [3.63, 3.8) is 0 Å². The molecule has 9 heteroatoms. The Hall–Kier alpha value is -3.40. The highest BCUT2D eigenvalue weighted by Crippen LogP contribution is 2.43. The first-order valence-corrected chi connectivity index (χ1v) is 16.0. The van der Waals surface area contributed by atoms with Gasteiger partial charge in [0.15, 0.2) is 6.29 Å². The number of carbonyl (C=O) groups excluding carboxylic acids is 2. The van der Waals surface area contributed by atoms with Gasteiger partial charge in [-0.05, 0) is 60.4 Å². The van der Waals surface area contributed by atoms with Gasteiger partial charge in [0, 0.05) is 60.0 Å². The first-order valence-electron chi connectivity index (χ1n) is 14.3. The molecule has 2 aliphatic rings. The van der Waals surface area contributed by atoms with Crippen LogP contribution >= 0.6 is 22.7 Å². The van der Waals surface area contributed by atoms with Crippen LogP contribution in [-0.2, 0) is 13.6 Å². The minimum Gasteiger partial charge on any atom is -0.321 e. The fraction of sp³-hybridized carbons (Fsp3) is 0.375. The van der Waals surface area contributed by atoms with Gasteiger partial charge in [0.05, 0.1) is 16.6 Å². The number of aldehydes is 1. The number of aryl methyl sites for hydroxylation is 1. The smallest absolute Gasteiger partial charge is 0.275 e. The van der Waals surface area contributed by atoms with E-state index in [4.69, 9.17) is 0 Å². The Kier molecular flexibility index (Phi) is 8.27. The van der Waals surface area contributed by atoms with Gasteiger partial charge in [0.1, 0.15) is 5.69 Å². The van der Waals surface area contributed by atoms with Gasteiger partial charge in [0.25, 0.3) is 5.91 Å². The van der Waals surface area contributed by atoms with Crippen LogP contribution in [0.15, 0.2) is 59.2 Å². The third kappa shape index (κ3) is 6.27. The third-order valence-corrected chi connectivity index (χ3v) is 10.1. The summed E-state index contributed by atoms with van der Waals surface area (Å²) in [6, 6.07) is 10.0. The van der Waals surface area contributed by atoms with Gasteiger partial charge in [-0.15, -0.1) is 22.7 Å². The number of rotatable bonds is 8. The lowest BCUT2D eigenvalue weighted by Crippen LogP contribution is -2.33. The van der Waals surface area contributed by atoms with E-state index in [0.29, 0.717) is 17.3 Å². The van der Waals surface area contributed by atoms with E-state index in [1.54, 1.807) is 27.8 Å². The quantitative estimate of drug-likeness (QED) is 0.222. The number of aromatic nitrogens is 3. The topological polar surface area (TPSA) is 80.1 Å². The van der Waals surface area contributed by atoms with Crippen LogP contribution in [0.1, 0.15) is 70.3 Å². The molecule has 4 heterocycles. The fourth-order valence-electron chi connectivity index (χ4n) is 6.21. The lowest BCUT2D eigenvalue weighted by Gasteiger charge is -2.36. The molecule has 4 aromatic rings. The standard InChI is InChI=1S/C32H35N5O2S2/c1-21-3-5-23(6-4-21)26-11-12-37(16-22-14-34-36(2)15-22)17-28(26)27-13-30(41-31(27)18-38)24-7-9-25(10-8-24)35-32(39)29-19-40-20-33-29/h7-10,13-15,18-21,23H,3-6,11-12,16-17H2,1-2H3,(H,35,39). The van der Waals surface area contributed by atoms with Crippen molar-refractivity contribution in [2.75, 3.05) is 18.4 Å². The Bertz CT molecular complexity index is 1540. The van der Waals surface area contributed by atoms with Gasteiger partial charge in [-0.25, -0.2) is 4.98 Å². The normalized spacial score (nSPS) is 19.9. The van der Waals surface area contributed by atoms with E-state index < -0.39 is 0 Å². The second-order valence-electron chi connectivity index (χ2n) is 11.4. The van der Waals surface area contributed by atoms with Crippen molar-refractivity contribution in [2.45, 2.75) is 45.6 Å². The molecule has 1 aliphatic carbocycles. The number of thiazole rings is 1. The van der Waals surface area contributed by atoms with Crippen LogP contribution in [0.2, 0.25) is 0 Å². The number of anilines is 1. The van der Waals surface area contributed by atoms with E-state index >= 15 is 0 Å². The monoisotopic (exact) mass is 585 g/mol. The molecule has 6 rings (SSSR count). The molecule has 1 aromatic carbocycles. The van der Waals surface area contributed by atoms with Gasteiger partial charge in [0.2, 0.25) is 0 Å². The number of benzene rings is 1. The van der Waals surface area contributed by atoms with Gasteiger partial charge in [-0.1, -0.05) is 37.5 Å². The van der Waals surface area contributed by atoms with Crippen molar-refractivity contribution in [3.05, 3.63) is 80.9 Å². The van der Waals surface area contributed by atoms with Gasteiger partial charge in [-0.2, -0.15) is 5.10 Å². The van der Waals surface area contributed by atoms with Crippen LogP contribution in [0.3, 0.4) is 0 Å². The SMILES string of the molecule is CC1CCC(C2=C(c3cc(-c4ccc(NC(=O)c5cscn5)cc4)sc3C=O)CN(Cc3cnn(C)c3)CC2)CC1. The molecule has 1 N–H and O–H groups in total. The summed E-state index contributed by atoms with van der Waals surface area (Å²) in [7, 11) is 1.96. The largest absolute Gasteiger partial charge is 0.321 e. The predicted octanol–water partition coefficient (Wildman–Crippen LogP) is 7.16. The Morgan fingerprint density at radius 2 is 1.98 bits per heavy atom. The number of hydrogen-bond acceptors (Lipinski definition) is 7. The Morgan fingerprint density at radius 1 is 1.17 bits per heavy atom. The first-order chi connectivity index (χ1) is 20.0. The number of nitrogens with zero attached hydrogens (tertiary/aromatic N) is 4. The zero-order chi connectivity index (χ0) is 28.3. The van der Waals surface area contributed by atoms with Crippen LogP contribution in [0, 0.1) is 11.8 Å². The van der Waals surface area contributed by atoms with Gasteiger partial charge < -0.3 is 5.32 Å². The second-order valence-corrected chi connectivity index (χ2v) is 13.2. The summed E-state index contributed by atoms with van der Waals surface area (Å²) in [5.74, 6) is 1.18. The van der Waals surface area contributed by atoms with Crippen molar-refractivity contribution in [3.8, 4) is 10.4 Å². The van der Waals surface area contributed by atoms with Crippen molar-refractivity contribution in [1.29, 1.82) is 0 Å². The molecule has 7 nitrogen and oxygen atoms in total. The van der Waals surface area contributed by atoms with Crippen molar-refractivity contribution < 1.29 is 9.59 Å². The average molecular weight is 586 g/mol. The van der Waals surface area contributed by atoms with Crippen LogP contribution in [0.25, 0.3) is 16.0 Å². The van der Waals surface area contributed by atoms with Gasteiger partial charge in [-0.3, -0.25) is 19.2 Å². The zero-order valence-electron chi connectivity index (χ0n) is 23.5. The van der Waals surface area contributed by atoms with Crippen molar-refractivity contribution in [1.82, 2.24) is 19.7 Å². The molecule has 1 saturated carbocycles. The number of carbonyl (C=O) groups is 2. The Labute approximate surface area is 248 Å². The van der Waals surface area contributed by atoms with E-state index in [9.17, 15) is 9.59 Å². The lowest BCUT2D eigenvalue weighted by atomic mass is 9.75. The average Bonchev–Trinajstić information content (AvgIpc) is 3.76. The maximum absolute atomic E-state index is 12.4. The molecule has 0 unspecified atom stereocenters. The third-order valence-electron chi connectivity index (χ3n) is 8.43. The van der Waals surface area contributed by atoms with Gasteiger partial charge >= 0.3 is 0 Å². The summed E-state index contributed by atoms with van der Waals surface area (Å²) in [4.78, 5) is 33.2. The first kappa shape index (κ1) is 27.8. The fourth-order valence-corrected chi connectivity index (χ4v) is 7.75. The molecular weight excluding hydrogens is 551 g/mol. The van der Waals surface area contributed by atoms with Crippen LogP contribution in [0.5, 0.6) is 0 Å². The van der Waals surface area contributed by atoms with E-state index in [1.807, 2.05) is 42.2 Å². The molecule has 212 valence electrons. The maximum atomic E-state index is 12.4. The number of nitrogens with one attached hydrogen (secondary N) is 1. The zero-order valence-corrected chi connectivity index (χ0v) is 25.1. The molecule has 0 atom stereocenters. The molecule has 1 fully saturated rings. The minimum absolute atomic E-state index is 0.217. The summed E-state index contributed by atoms with van der Waals surface area (Å²) in [6.45, 7) is 5.09. The van der Waals surface area contributed by atoms with E-state index in [0.717, 1.165) is 59.1 Å². The molecule has 1 aliphatic heterocycles. The molecular formula is C32H35N5O2S2. The minimum atomic E-state index is -0.217. The van der Waals surface area contributed by atoms with E-state index in [-0.39, 0.29) is 5.91 Å². The highest BCUT2D eigenvalue weighted by Gasteiger charge is 2.30. The molecule has 41 heavy (non-hydrogen) atoms. The van der Waals surface area contributed by atoms with Crippen LogP contribution in [0.4, 0.5) is 5.69 Å². The predicted molar refractivity (Wildman–Crippen MR) is 166 cm³/mol. The number of amides is 1. The maximum Gasteiger partial charge on any atom is 0.275 e. The van der Waals surface area contributed by atoms with Crippen molar-refractivity contribution in [2.24, 2.45) is 18.9 Å². The van der Waals surface area contributed by atoms with E-state index in [1.165, 1.54) is 48.2 Å².